The minimum Gasteiger partial charge on any atom is -0.469 e. The molecule has 5 rings (SSSR count). The minimum atomic E-state index is -0.267. The van der Waals surface area contributed by atoms with E-state index in [4.69, 9.17) is 15.5 Å². The van der Waals surface area contributed by atoms with Crippen molar-refractivity contribution in [3.05, 3.63) is 65.5 Å². The van der Waals surface area contributed by atoms with Crippen molar-refractivity contribution in [2.24, 2.45) is 0 Å². The molecular formula is C33H43N7O3. The molecule has 2 aromatic heterocycles. The highest BCUT2D eigenvalue weighted by atomic mass is 16.5. The molecule has 43 heavy (non-hydrogen) atoms. The summed E-state index contributed by atoms with van der Waals surface area (Å²) in [4.78, 5) is 39.1. The van der Waals surface area contributed by atoms with Gasteiger partial charge in [0.05, 0.1) is 31.1 Å². The van der Waals surface area contributed by atoms with Crippen molar-refractivity contribution in [3.63, 3.8) is 0 Å². The van der Waals surface area contributed by atoms with Crippen LogP contribution in [0.1, 0.15) is 43.1 Å². The standard InChI is InChI=1S/C33H43N7O3/c1-3-4-10-28-37-31-32(26-8-5-6-9-27(26)36-33(31)34)40(28)18-7-17-39(29(41)23-38-19-15-35-16-20-38)22-25-13-11-24(12-14-25)21-30(42)43-2/h5-6,8-9,11-14,35H,3-4,7,10,15-23H2,1-2H3,(H2,34,36). The summed E-state index contributed by atoms with van der Waals surface area (Å²) >= 11 is 0. The molecule has 1 saturated heterocycles. The third kappa shape index (κ3) is 7.50. The molecule has 4 aromatic rings. The van der Waals surface area contributed by atoms with Gasteiger partial charge in [0, 0.05) is 57.6 Å². The second-order valence-corrected chi connectivity index (χ2v) is 11.3. The van der Waals surface area contributed by atoms with Crippen molar-refractivity contribution in [2.75, 3.05) is 52.1 Å². The Kier molecular flexibility index (Phi) is 10.2. The molecule has 1 aliphatic heterocycles. The number of carbonyl (C=O) groups excluding carboxylic acids is 2. The first-order valence-electron chi connectivity index (χ1n) is 15.4. The Balaban J connectivity index is 1.37. The van der Waals surface area contributed by atoms with Gasteiger partial charge in [0.2, 0.25) is 5.91 Å². The minimum absolute atomic E-state index is 0.126. The van der Waals surface area contributed by atoms with Crippen molar-refractivity contribution in [1.29, 1.82) is 0 Å². The van der Waals surface area contributed by atoms with Gasteiger partial charge in [-0.3, -0.25) is 14.5 Å². The maximum absolute atomic E-state index is 13.7. The fourth-order valence-corrected chi connectivity index (χ4v) is 5.77. The van der Waals surface area contributed by atoms with E-state index in [1.165, 1.54) is 7.11 Å². The molecule has 0 atom stereocenters. The number of aryl methyl sites for hydroxylation is 2. The summed E-state index contributed by atoms with van der Waals surface area (Å²) in [7, 11) is 1.40. The monoisotopic (exact) mass is 585 g/mol. The quantitative estimate of drug-likeness (QED) is 0.229. The van der Waals surface area contributed by atoms with E-state index in [0.717, 1.165) is 97.3 Å². The van der Waals surface area contributed by atoms with E-state index in [2.05, 4.69) is 32.8 Å². The number of rotatable bonds is 13. The third-order valence-electron chi connectivity index (χ3n) is 8.15. The molecule has 2 aromatic carbocycles. The Morgan fingerprint density at radius 1 is 1.02 bits per heavy atom. The lowest BCUT2D eigenvalue weighted by Gasteiger charge is -2.30. The summed E-state index contributed by atoms with van der Waals surface area (Å²) in [5, 5.41) is 4.40. The first-order valence-corrected chi connectivity index (χ1v) is 15.4. The number of amides is 1. The fourth-order valence-electron chi connectivity index (χ4n) is 5.77. The molecule has 0 saturated carbocycles. The smallest absolute Gasteiger partial charge is 0.309 e. The van der Waals surface area contributed by atoms with Gasteiger partial charge >= 0.3 is 5.97 Å². The van der Waals surface area contributed by atoms with Crippen LogP contribution in [-0.4, -0.2) is 82.6 Å². The number of pyridine rings is 1. The molecule has 228 valence electrons. The van der Waals surface area contributed by atoms with Crippen LogP contribution in [0, 0.1) is 0 Å². The number of nitrogens with zero attached hydrogens (tertiary/aromatic N) is 5. The number of nitrogen functional groups attached to an aromatic ring is 1. The van der Waals surface area contributed by atoms with Crippen LogP contribution in [0.5, 0.6) is 0 Å². The number of aromatic nitrogens is 3. The normalized spacial score (nSPS) is 13.9. The number of anilines is 1. The molecule has 0 spiro atoms. The van der Waals surface area contributed by atoms with Crippen LogP contribution in [0.2, 0.25) is 0 Å². The summed E-state index contributed by atoms with van der Waals surface area (Å²) in [6.07, 6.45) is 3.98. The van der Waals surface area contributed by atoms with E-state index < -0.39 is 0 Å². The van der Waals surface area contributed by atoms with E-state index in [1.807, 2.05) is 47.4 Å². The predicted octanol–water partition coefficient (Wildman–Crippen LogP) is 3.55. The first kappa shape index (κ1) is 30.4. The third-order valence-corrected chi connectivity index (χ3v) is 8.15. The Morgan fingerprint density at radius 3 is 2.51 bits per heavy atom. The molecule has 1 amide bonds. The van der Waals surface area contributed by atoms with Crippen molar-refractivity contribution < 1.29 is 14.3 Å². The van der Waals surface area contributed by atoms with E-state index in [0.29, 0.717) is 25.5 Å². The number of hydrogen-bond donors (Lipinski definition) is 2. The topological polar surface area (TPSA) is 119 Å². The van der Waals surface area contributed by atoms with Crippen molar-refractivity contribution in [3.8, 4) is 0 Å². The average Bonchev–Trinajstić information content (AvgIpc) is 3.40. The number of carbonyl (C=O) groups is 2. The fraction of sp³-hybridized carbons (Fsp3) is 0.455. The average molecular weight is 586 g/mol. The lowest BCUT2D eigenvalue weighted by Crippen LogP contribution is -2.48. The van der Waals surface area contributed by atoms with Gasteiger partial charge in [-0.05, 0) is 30.0 Å². The zero-order valence-corrected chi connectivity index (χ0v) is 25.3. The lowest BCUT2D eigenvalue weighted by atomic mass is 10.1. The molecule has 10 heteroatoms. The number of nitrogens with two attached hydrogens (primary N) is 1. The number of ether oxygens (including phenoxy) is 1. The molecule has 1 aliphatic rings. The van der Waals surface area contributed by atoms with Gasteiger partial charge in [-0.2, -0.15) is 0 Å². The van der Waals surface area contributed by atoms with Crippen molar-refractivity contribution in [1.82, 2.24) is 29.7 Å². The van der Waals surface area contributed by atoms with Gasteiger partial charge < -0.3 is 25.3 Å². The van der Waals surface area contributed by atoms with Gasteiger partial charge in [-0.15, -0.1) is 0 Å². The number of piperazine rings is 1. The van der Waals surface area contributed by atoms with Crippen molar-refractivity contribution >= 4 is 39.6 Å². The highest BCUT2D eigenvalue weighted by molar-refractivity contribution is 6.06. The number of methoxy groups -OCH3 is 1. The van der Waals surface area contributed by atoms with Crippen LogP contribution in [0.4, 0.5) is 5.82 Å². The second kappa shape index (κ2) is 14.4. The van der Waals surface area contributed by atoms with E-state index in [-0.39, 0.29) is 18.3 Å². The Hall–Kier alpha value is -4.02. The number of benzene rings is 2. The largest absolute Gasteiger partial charge is 0.469 e. The Morgan fingerprint density at radius 2 is 1.77 bits per heavy atom. The Bertz CT molecular complexity index is 1540. The first-order chi connectivity index (χ1) is 21.0. The zero-order chi connectivity index (χ0) is 30.2. The molecule has 3 heterocycles. The highest BCUT2D eigenvalue weighted by Crippen LogP contribution is 2.29. The van der Waals surface area contributed by atoms with Gasteiger partial charge in [0.15, 0.2) is 5.82 Å². The maximum atomic E-state index is 13.7. The molecule has 0 bridgehead atoms. The number of para-hydroxylation sites is 1. The zero-order valence-electron chi connectivity index (χ0n) is 25.3. The molecular weight excluding hydrogens is 542 g/mol. The number of hydrogen-bond acceptors (Lipinski definition) is 8. The van der Waals surface area contributed by atoms with E-state index in [9.17, 15) is 9.59 Å². The maximum Gasteiger partial charge on any atom is 0.309 e. The lowest BCUT2D eigenvalue weighted by molar-refractivity contribution is -0.139. The summed E-state index contributed by atoms with van der Waals surface area (Å²) in [6, 6.07) is 15.9. The SMILES string of the molecule is CCCCc1nc2c(N)nc3ccccc3c2n1CCCN(Cc1ccc(CC(=O)OC)cc1)C(=O)CN1CCNCC1. The number of unbranched alkanes of at least 4 members (excludes halogenated alkanes) is 1. The highest BCUT2D eigenvalue weighted by Gasteiger charge is 2.21. The summed E-state index contributed by atoms with van der Waals surface area (Å²) < 4.78 is 7.09. The molecule has 0 aliphatic carbocycles. The van der Waals surface area contributed by atoms with Gasteiger partial charge in [0.25, 0.3) is 0 Å². The van der Waals surface area contributed by atoms with Gasteiger partial charge in [0.1, 0.15) is 11.3 Å². The van der Waals surface area contributed by atoms with Crippen LogP contribution < -0.4 is 11.1 Å². The van der Waals surface area contributed by atoms with Crippen molar-refractivity contribution in [2.45, 2.75) is 52.1 Å². The van der Waals surface area contributed by atoms with Gasteiger partial charge in [-0.25, -0.2) is 9.97 Å². The molecule has 1 fully saturated rings. The van der Waals surface area contributed by atoms with Crippen LogP contribution in [0.3, 0.4) is 0 Å². The summed E-state index contributed by atoms with van der Waals surface area (Å²) in [5.74, 6) is 1.33. The predicted molar refractivity (Wildman–Crippen MR) is 170 cm³/mol. The number of esters is 1. The van der Waals surface area contributed by atoms with E-state index >= 15 is 0 Å². The van der Waals surface area contributed by atoms with Gasteiger partial charge in [-0.1, -0.05) is 55.8 Å². The van der Waals surface area contributed by atoms with Crippen LogP contribution >= 0.6 is 0 Å². The number of fused-ring (bicyclic) bond motifs is 3. The summed E-state index contributed by atoms with van der Waals surface area (Å²) in [6.45, 7) is 7.96. The molecule has 0 unspecified atom stereocenters. The number of imidazole rings is 1. The van der Waals surface area contributed by atoms with Crippen LogP contribution in [-0.2, 0) is 40.3 Å². The van der Waals surface area contributed by atoms with Crippen LogP contribution in [0.15, 0.2) is 48.5 Å². The van der Waals surface area contributed by atoms with E-state index in [1.54, 1.807) is 0 Å². The van der Waals surface area contributed by atoms with Crippen LogP contribution in [0.25, 0.3) is 21.9 Å². The second-order valence-electron chi connectivity index (χ2n) is 11.3. The molecule has 0 radical (unpaired) electrons. The number of nitrogens with one attached hydrogen (secondary N) is 1. The Labute approximate surface area is 253 Å². The molecule has 3 N–H and O–H groups in total. The summed E-state index contributed by atoms with van der Waals surface area (Å²) in [5.41, 5.74) is 11.0. The molecule has 10 nitrogen and oxygen atoms in total.